The lowest BCUT2D eigenvalue weighted by Crippen LogP contribution is -2.24. The van der Waals surface area contributed by atoms with Gasteiger partial charge in [0.1, 0.15) is 5.69 Å². The Kier molecular flexibility index (Phi) is 4.70. The Morgan fingerprint density at radius 2 is 2.19 bits per heavy atom. The Bertz CT molecular complexity index is 1440. The Morgan fingerprint density at radius 3 is 2.90 bits per heavy atom. The number of halogens is 1. The van der Waals surface area contributed by atoms with Gasteiger partial charge in [-0.15, -0.1) is 0 Å². The van der Waals surface area contributed by atoms with Crippen LogP contribution < -0.4 is 21.8 Å². The molecule has 3 heterocycles. The fraction of sp³-hybridized carbons (Fsp3) is 0.250. The van der Waals surface area contributed by atoms with E-state index in [2.05, 4.69) is 35.3 Å². The van der Waals surface area contributed by atoms with Crippen LogP contribution in [0.4, 0.5) is 5.95 Å². The van der Waals surface area contributed by atoms with Gasteiger partial charge in [0.2, 0.25) is 11.8 Å². The van der Waals surface area contributed by atoms with E-state index in [1.807, 2.05) is 25.1 Å². The van der Waals surface area contributed by atoms with E-state index >= 15 is 0 Å². The van der Waals surface area contributed by atoms with Crippen LogP contribution in [0.1, 0.15) is 29.7 Å². The first-order valence-corrected chi connectivity index (χ1v) is 10.2. The molecule has 0 aliphatic heterocycles. The lowest BCUT2D eigenvalue weighted by atomic mass is 10.1. The lowest BCUT2D eigenvalue weighted by molar-refractivity contribution is 0.454. The number of rotatable bonds is 5. The molecule has 11 heteroatoms. The van der Waals surface area contributed by atoms with Crippen LogP contribution in [0.2, 0.25) is 5.02 Å². The molecule has 4 aromatic rings. The number of hydrogen-bond acceptors (Lipinski definition) is 7. The third-order valence-electron chi connectivity index (χ3n) is 5.03. The molecule has 1 fully saturated rings. The number of aromatic amines is 2. The molecule has 0 spiro atoms. The number of hydrogen-bond donors (Lipinski definition) is 4. The number of anilines is 1. The van der Waals surface area contributed by atoms with E-state index in [1.54, 1.807) is 16.8 Å². The molecular formula is C20H19ClN8O2. The van der Waals surface area contributed by atoms with E-state index in [0.717, 1.165) is 24.0 Å². The number of nitrogens with zero attached hydrogens (tertiary/aromatic N) is 5. The van der Waals surface area contributed by atoms with Crippen LogP contribution in [-0.4, -0.2) is 40.7 Å². The van der Waals surface area contributed by atoms with E-state index in [4.69, 9.17) is 11.6 Å². The van der Waals surface area contributed by atoms with Crippen molar-refractivity contribution in [3.05, 3.63) is 67.6 Å². The van der Waals surface area contributed by atoms with Crippen LogP contribution in [0.3, 0.4) is 0 Å². The largest absolute Gasteiger partial charge is 0.493 e. The van der Waals surface area contributed by atoms with Gasteiger partial charge in [0.15, 0.2) is 5.65 Å². The molecule has 1 aromatic carbocycles. The molecule has 1 aliphatic carbocycles. The molecule has 4 N–H and O–H groups in total. The van der Waals surface area contributed by atoms with Crippen molar-refractivity contribution >= 4 is 29.3 Å². The number of fused-ring (bicyclic) bond motifs is 1. The van der Waals surface area contributed by atoms with Crippen LogP contribution in [-0.2, 0) is 6.54 Å². The SMILES string of the molecule is Cc1cccc(Cl)c1CNc1nc(=NC2CC2)n2nc/c(=C\c3[nH]c(=O)[nH]c3O)c2n1. The highest BCUT2D eigenvalue weighted by molar-refractivity contribution is 6.31. The van der Waals surface area contributed by atoms with E-state index in [1.165, 1.54) is 0 Å². The number of aryl methyl sites for hydroxylation is 1. The summed E-state index contributed by atoms with van der Waals surface area (Å²) in [6.45, 7) is 2.44. The zero-order valence-corrected chi connectivity index (χ0v) is 17.3. The monoisotopic (exact) mass is 438 g/mol. The van der Waals surface area contributed by atoms with Crippen molar-refractivity contribution in [3.63, 3.8) is 0 Å². The molecule has 0 saturated heterocycles. The maximum Gasteiger partial charge on any atom is 0.326 e. The summed E-state index contributed by atoms with van der Waals surface area (Å²) in [6, 6.07) is 5.98. The van der Waals surface area contributed by atoms with Gasteiger partial charge in [0, 0.05) is 16.8 Å². The summed E-state index contributed by atoms with van der Waals surface area (Å²) in [5.74, 6) is 0.127. The quantitative estimate of drug-likeness (QED) is 0.367. The molecule has 5 rings (SSSR count). The van der Waals surface area contributed by atoms with Gasteiger partial charge in [-0.2, -0.15) is 19.6 Å². The normalized spacial score (nSPS) is 15.2. The highest BCUT2D eigenvalue weighted by Crippen LogP contribution is 2.22. The number of aromatic hydroxyl groups is 1. The van der Waals surface area contributed by atoms with Crippen molar-refractivity contribution in [3.8, 4) is 5.88 Å². The van der Waals surface area contributed by atoms with Gasteiger partial charge in [-0.1, -0.05) is 23.7 Å². The van der Waals surface area contributed by atoms with Crippen molar-refractivity contribution in [2.45, 2.75) is 32.4 Å². The molecule has 0 amide bonds. The summed E-state index contributed by atoms with van der Waals surface area (Å²) in [4.78, 5) is 30.0. The number of benzene rings is 1. The van der Waals surface area contributed by atoms with Crippen LogP contribution in [0.15, 0.2) is 34.2 Å². The molecule has 0 bridgehead atoms. The number of aromatic nitrogens is 6. The average molecular weight is 439 g/mol. The molecule has 10 nitrogen and oxygen atoms in total. The summed E-state index contributed by atoms with van der Waals surface area (Å²) >= 11 is 6.34. The molecule has 1 saturated carbocycles. The van der Waals surface area contributed by atoms with Crippen molar-refractivity contribution in [2.75, 3.05) is 5.32 Å². The summed E-state index contributed by atoms with van der Waals surface area (Å²) < 4.78 is 1.55. The minimum absolute atomic E-state index is 0.235. The Labute approximate surface area is 180 Å². The molecule has 3 aromatic heterocycles. The van der Waals surface area contributed by atoms with Crippen molar-refractivity contribution in [1.82, 2.24) is 29.5 Å². The van der Waals surface area contributed by atoms with Gasteiger partial charge in [-0.3, -0.25) is 4.98 Å². The summed E-state index contributed by atoms with van der Waals surface area (Å²) in [6.07, 6.45) is 5.21. The van der Waals surface area contributed by atoms with Crippen LogP contribution >= 0.6 is 11.6 Å². The summed E-state index contributed by atoms with van der Waals surface area (Å²) in [5, 5.41) is 18.7. The summed E-state index contributed by atoms with van der Waals surface area (Å²) in [5.41, 5.74) is 2.70. The van der Waals surface area contributed by atoms with Crippen LogP contribution in [0.25, 0.3) is 11.7 Å². The second kappa shape index (κ2) is 7.55. The second-order valence-electron chi connectivity index (χ2n) is 7.42. The van der Waals surface area contributed by atoms with Crippen LogP contribution in [0, 0.1) is 6.92 Å². The number of H-pyrrole nitrogens is 2. The first-order chi connectivity index (χ1) is 15.0. The highest BCUT2D eigenvalue weighted by Gasteiger charge is 2.21. The van der Waals surface area contributed by atoms with E-state index in [-0.39, 0.29) is 17.6 Å². The van der Waals surface area contributed by atoms with Gasteiger partial charge in [-0.25, -0.2) is 9.79 Å². The van der Waals surface area contributed by atoms with Gasteiger partial charge < -0.3 is 15.4 Å². The predicted octanol–water partition coefficient (Wildman–Crippen LogP) is 1.03. The fourth-order valence-corrected chi connectivity index (χ4v) is 3.51. The third-order valence-corrected chi connectivity index (χ3v) is 5.39. The molecule has 1 aliphatic rings. The van der Waals surface area contributed by atoms with E-state index in [0.29, 0.717) is 34.0 Å². The summed E-state index contributed by atoms with van der Waals surface area (Å²) in [7, 11) is 0. The van der Waals surface area contributed by atoms with Crippen molar-refractivity contribution < 1.29 is 5.11 Å². The average Bonchev–Trinajstić information content (AvgIpc) is 3.36. The topological polar surface area (TPSA) is 136 Å². The fourth-order valence-electron chi connectivity index (χ4n) is 3.22. The third kappa shape index (κ3) is 3.89. The smallest absolute Gasteiger partial charge is 0.326 e. The van der Waals surface area contributed by atoms with Gasteiger partial charge in [-0.05, 0) is 43.0 Å². The van der Waals surface area contributed by atoms with E-state index in [9.17, 15) is 9.90 Å². The predicted molar refractivity (Wildman–Crippen MR) is 115 cm³/mol. The Hall–Kier alpha value is -3.66. The molecule has 31 heavy (non-hydrogen) atoms. The Morgan fingerprint density at radius 1 is 1.35 bits per heavy atom. The van der Waals surface area contributed by atoms with E-state index < -0.39 is 5.69 Å². The molecule has 0 unspecified atom stereocenters. The van der Waals surface area contributed by atoms with Crippen molar-refractivity contribution in [2.24, 2.45) is 4.99 Å². The number of nitrogens with one attached hydrogen (secondary N) is 3. The Balaban J connectivity index is 1.60. The van der Waals surface area contributed by atoms with Gasteiger partial charge in [0.25, 0.3) is 5.62 Å². The standard InChI is InChI=1S/C20H19ClN8O2/c1-10-3-2-4-14(21)13(10)9-22-18-26-16-11(7-15-17(30)27-20(31)25-15)8-23-29(16)19(28-18)24-12-5-6-12/h2-4,7-8,12,30H,5-6,9H2,1H3,(H,22,24,28)(H2,25,27,31)/b11-7+. The highest BCUT2D eigenvalue weighted by atomic mass is 35.5. The second-order valence-corrected chi connectivity index (χ2v) is 7.82. The van der Waals surface area contributed by atoms with Crippen LogP contribution in [0.5, 0.6) is 5.88 Å². The molecule has 0 radical (unpaired) electrons. The lowest BCUT2D eigenvalue weighted by Gasteiger charge is -2.09. The molecule has 0 atom stereocenters. The van der Waals surface area contributed by atoms with Crippen molar-refractivity contribution in [1.29, 1.82) is 0 Å². The zero-order chi connectivity index (χ0) is 21.5. The molecule has 158 valence electrons. The first kappa shape index (κ1) is 19.3. The minimum atomic E-state index is -0.503. The maximum absolute atomic E-state index is 11.4. The zero-order valence-electron chi connectivity index (χ0n) is 16.6. The number of imidazole rings is 1. The maximum atomic E-state index is 11.4. The minimum Gasteiger partial charge on any atom is -0.493 e. The van der Waals surface area contributed by atoms with Gasteiger partial charge in [0.05, 0.1) is 12.2 Å². The molecular weight excluding hydrogens is 420 g/mol. The first-order valence-electron chi connectivity index (χ1n) is 9.78. The van der Waals surface area contributed by atoms with Gasteiger partial charge >= 0.3 is 5.69 Å².